The number of hydrogen-bond donors (Lipinski definition) is 2. The summed E-state index contributed by atoms with van der Waals surface area (Å²) in [7, 11) is 0. The predicted molar refractivity (Wildman–Crippen MR) is 118 cm³/mol. The van der Waals surface area contributed by atoms with Crippen molar-refractivity contribution in [2.24, 2.45) is 11.8 Å². The van der Waals surface area contributed by atoms with Crippen LogP contribution in [-0.2, 0) is 12.8 Å². The molecule has 3 rings (SSSR count). The van der Waals surface area contributed by atoms with Gasteiger partial charge in [0.15, 0.2) is 0 Å². The second-order valence-electron chi connectivity index (χ2n) is 7.63. The molecule has 1 fully saturated rings. The van der Waals surface area contributed by atoms with Crippen LogP contribution in [0.25, 0.3) is 0 Å². The van der Waals surface area contributed by atoms with Crippen molar-refractivity contribution in [3.05, 3.63) is 43.8 Å². The van der Waals surface area contributed by atoms with E-state index in [1.165, 1.54) is 9.75 Å². The molecule has 0 unspecified atom stereocenters. The summed E-state index contributed by atoms with van der Waals surface area (Å²) in [6.07, 6.45) is 6.47. The van der Waals surface area contributed by atoms with Crippen molar-refractivity contribution in [1.29, 1.82) is 0 Å². The van der Waals surface area contributed by atoms with E-state index in [0.717, 1.165) is 62.7 Å². The first-order chi connectivity index (χ1) is 13.6. The Labute approximate surface area is 175 Å². The van der Waals surface area contributed by atoms with E-state index >= 15 is 0 Å². The molecule has 0 aliphatic heterocycles. The molecule has 2 atom stereocenters. The topological polar surface area (TPSA) is 58.2 Å². The van der Waals surface area contributed by atoms with Gasteiger partial charge in [-0.1, -0.05) is 20.3 Å². The molecular formula is C22H30N2O2S2. The zero-order chi connectivity index (χ0) is 19.9. The number of rotatable bonds is 8. The first kappa shape index (κ1) is 21.1. The smallest absolute Gasteiger partial charge is 0.252 e. The molecule has 0 bridgehead atoms. The van der Waals surface area contributed by atoms with Gasteiger partial charge in [0.25, 0.3) is 11.8 Å². The van der Waals surface area contributed by atoms with Gasteiger partial charge >= 0.3 is 0 Å². The number of carbonyl (C=O) groups excluding carboxylic acids is 2. The maximum atomic E-state index is 12.3. The second-order valence-corrected chi connectivity index (χ2v) is 9.62. The summed E-state index contributed by atoms with van der Waals surface area (Å²) in [4.78, 5) is 27.2. The molecule has 152 valence electrons. The highest BCUT2D eigenvalue weighted by atomic mass is 32.1. The average molecular weight is 419 g/mol. The third-order valence-electron chi connectivity index (χ3n) is 5.52. The molecule has 2 amide bonds. The summed E-state index contributed by atoms with van der Waals surface area (Å²) in [6, 6.07) is 3.99. The van der Waals surface area contributed by atoms with Gasteiger partial charge in [-0.25, -0.2) is 0 Å². The zero-order valence-corrected chi connectivity index (χ0v) is 18.4. The third kappa shape index (κ3) is 5.67. The fraction of sp³-hybridized carbons (Fsp3) is 0.545. The lowest BCUT2D eigenvalue weighted by molar-refractivity contribution is 0.0936. The number of carbonyl (C=O) groups is 2. The number of amides is 2. The first-order valence-electron chi connectivity index (χ1n) is 10.3. The molecule has 1 saturated carbocycles. The SMILES string of the molecule is CCc1cc(C(=O)NC[C@H]2CCC[C@@H](CNC(=O)c3csc(CC)c3)C2)cs1. The molecule has 0 spiro atoms. The summed E-state index contributed by atoms with van der Waals surface area (Å²) in [6.45, 7) is 5.67. The molecule has 2 aromatic heterocycles. The Morgan fingerprint density at radius 1 is 0.893 bits per heavy atom. The molecule has 6 heteroatoms. The van der Waals surface area contributed by atoms with Crippen LogP contribution in [0.3, 0.4) is 0 Å². The largest absolute Gasteiger partial charge is 0.352 e. The van der Waals surface area contributed by atoms with Gasteiger partial charge in [0.05, 0.1) is 11.1 Å². The van der Waals surface area contributed by atoms with E-state index in [2.05, 4.69) is 24.5 Å². The van der Waals surface area contributed by atoms with Crippen LogP contribution in [0.1, 0.15) is 70.0 Å². The molecule has 0 radical (unpaired) electrons. The minimum Gasteiger partial charge on any atom is -0.352 e. The zero-order valence-electron chi connectivity index (χ0n) is 16.8. The van der Waals surface area contributed by atoms with Crippen LogP contribution in [0, 0.1) is 11.8 Å². The highest BCUT2D eigenvalue weighted by Gasteiger charge is 2.23. The number of thiophene rings is 2. The van der Waals surface area contributed by atoms with E-state index in [4.69, 9.17) is 0 Å². The van der Waals surface area contributed by atoms with Crippen molar-refractivity contribution in [2.45, 2.75) is 52.4 Å². The molecule has 1 aliphatic carbocycles. The van der Waals surface area contributed by atoms with Gasteiger partial charge in [-0.2, -0.15) is 0 Å². The van der Waals surface area contributed by atoms with Crippen LogP contribution < -0.4 is 10.6 Å². The van der Waals surface area contributed by atoms with Crippen molar-refractivity contribution >= 4 is 34.5 Å². The molecular weight excluding hydrogens is 388 g/mol. The summed E-state index contributed by atoms with van der Waals surface area (Å²) >= 11 is 3.30. The fourth-order valence-corrected chi connectivity index (χ4v) is 5.45. The van der Waals surface area contributed by atoms with Gasteiger partial charge in [-0.15, -0.1) is 22.7 Å². The van der Waals surface area contributed by atoms with Gasteiger partial charge in [-0.3, -0.25) is 9.59 Å². The Kier molecular flexibility index (Phi) is 7.68. The monoisotopic (exact) mass is 418 g/mol. The third-order valence-corrected chi connectivity index (χ3v) is 7.68. The highest BCUT2D eigenvalue weighted by molar-refractivity contribution is 7.10. The Hall–Kier alpha value is -1.66. The fourth-order valence-electron chi connectivity index (χ4n) is 3.82. The van der Waals surface area contributed by atoms with Gasteiger partial charge < -0.3 is 10.6 Å². The standard InChI is InChI=1S/C22H30N2O2S2/c1-3-19-9-17(13-27-19)21(25)23-11-15-6-5-7-16(8-15)12-24-22(26)18-10-20(4-2)28-14-18/h9-10,13-16H,3-8,11-12H2,1-2H3,(H,23,25)(H,24,26)/t15-,16+. The molecule has 4 nitrogen and oxygen atoms in total. The number of aryl methyl sites for hydroxylation is 2. The Balaban J connectivity index is 1.42. The van der Waals surface area contributed by atoms with Crippen molar-refractivity contribution in [1.82, 2.24) is 10.6 Å². The molecule has 2 N–H and O–H groups in total. The molecule has 0 saturated heterocycles. The quantitative estimate of drug-likeness (QED) is 0.640. The van der Waals surface area contributed by atoms with Gasteiger partial charge in [-0.05, 0) is 56.1 Å². The van der Waals surface area contributed by atoms with Crippen LogP contribution in [0.2, 0.25) is 0 Å². The van der Waals surface area contributed by atoms with E-state index in [-0.39, 0.29) is 11.8 Å². The lowest BCUT2D eigenvalue weighted by atomic mass is 9.81. The van der Waals surface area contributed by atoms with Crippen molar-refractivity contribution in [3.63, 3.8) is 0 Å². The molecule has 1 aliphatic rings. The minimum atomic E-state index is 0.0376. The first-order valence-corrected chi connectivity index (χ1v) is 12.1. The Morgan fingerprint density at radius 3 is 1.75 bits per heavy atom. The van der Waals surface area contributed by atoms with Crippen LogP contribution in [0.4, 0.5) is 0 Å². The number of hydrogen-bond acceptors (Lipinski definition) is 4. The second kappa shape index (κ2) is 10.2. The maximum absolute atomic E-state index is 12.3. The summed E-state index contributed by atoms with van der Waals surface area (Å²) in [5.41, 5.74) is 1.56. The predicted octanol–water partition coefficient (Wildman–Crippen LogP) is 4.90. The normalized spacial score (nSPS) is 19.4. The minimum absolute atomic E-state index is 0.0376. The van der Waals surface area contributed by atoms with E-state index in [0.29, 0.717) is 11.8 Å². The Morgan fingerprint density at radius 2 is 1.36 bits per heavy atom. The van der Waals surface area contributed by atoms with E-state index in [1.54, 1.807) is 22.7 Å². The van der Waals surface area contributed by atoms with Crippen molar-refractivity contribution < 1.29 is 9.59 Å². The highest BCUT2D eigenvalue weighted by Crippen LogP contribution is 2.28. The average Bonchev–Trinajstić information content (AvgIpc) is 3.40. The van der Waals surface area contributed by atoms with Gasteiger partial charge in [0, 0.05) is 33.6 Å². The maximum Gasteiger partial charge on any atom is 0.252 e. The van der Waals surface area contributed by atoms with E-state index < -0.39 is 0 Å². The van der Waals surface area contributed by atoms with E-state index in [9.17, 15) is 9.59 Å². The molecule has 2 heterocycles. The lowest BCUT2D eigenvalue weighted by Crippen LogP contribution is -2.35. The lowest BCUT2D eigenvalue weighted by Gasteiger charge is -2.29. The van der Waals surface area contributed by atoms with Gasteiger partial charge in [0.2, 0.25) is 0 Å². The van der Waals surface area contributed by atoms with Crippen LogP contribution in [-0.4, -0.2) is 24.9 Å². The van der Waals surface area contributed by atoms with Crippen LogP contribution >= 0.6 is 22.7 Å². The summed E-state index contributed by atoms with van der Waals surface area (Å²) in [5.74, 6) is 1.07. The van der Waals surface area contributed by atoms with E-state index in [1.807, 2.05) is 22.9 Å². The summed E-state index contributed by atoms with van der Waals surface area (Å²) < 4.78 is 0. The summed E-state index contributed by atoms with van der Waals surface area (Å²) in [5, 5.41) is 10.1. The van der Waals surface area contributed by atoms with Gasteiger partial charge in [0.1, 0.15) is 0 Å². The van der Waals surface area contributed by atoms with Crippen molar-refractivity contribution in [2.75, 3.05) is 13.1 Å². The van der Waals surface area contributed by atoms with Crippen LogP contribution in [0.15, 0.2) is 22.9 Å². The van der Waals surface area contributed by atoms with Crippen LogP contribution in [0.5, 0.6) is 0 Å². The van der Waals surface area contributed by atoms with Crippen molar-refractivity contribution in [3.8, 4) is 0 Å². The molecule has 0 aromatic carbocycles. The molecule has 2 aromatic rings. The molecule has 28 heavy (non-hydrogen) atoms. The number of nitrogens with one attached hydrogen (secondary N) is 2. The Bertz CT molecular complexity index is 732.